The molecule has 0 aromatic heterocycles. The van der Waals surface area contributed by atoms with E-state index in [9.17, 15) is 9.59 Å². The molecule has 0 fully saturated rings. The van der Waals surface area contributed by atoms with Crippen LogP contribution in [0.1, 0.15) is 47.7 Å². The fraction of sp³-hybridized carbons (Fsp3) is 0.467. The van der Waals surface area contributed by atoms with Crippen molar-refractivity contribution < 1.29 is 14.7 Å². The molecule has 1 aromatic rings. The van der Waals surface area contributed by atoms with Gasteiger partial charge in [-0.3, -0.25) is 9.59 Å². The van der Waals surface area contributed by atoms with Gasteiger partial charge in [0.15, 0.2) is 0 Å². The van der Waals surface area contributed by atoms with Gasteiger partial charge >= 0.3 is 5.97 Å². The van der Waals surface area contributed by atoms with Crippen molar-refractivity contribution in [2.75, 3.05) is 13.1 Å². The number of carbonyl (C=O) groups excluding carboxylic acids is 1. The Morgan fingerprint density at radius 1 is 1.42 bits per heavy atom. The van der Waals surface area contributed by atoms with Crippen molar-refractivity contribution in [1.82, 2.24) is 4.90 Å². The topological polar surface area (TPSA) is 57.6 Å². The Balaban J connectivity index is 2.21. The normalized spacial score (nSPS) is 14.7. The van der Waals surface area contributed by atoms with Crippen LogP contribution in [0.2, 0.25) is 0 Å². The van der Waals surface area contributed by atoms with Gasteiger partial charge in [-0.2, -0.15) is 0 Å². The number of hydrogen-bond donors (Lipinski definition) is 1. The van der Waals surface area contributed by atoms with Gasteiger partial charge in [0.1, 0.15) is 0 Å². The second-order valence-electron chi connectivity index (χ2n) is 5.26. The first-order chi connectivity index (χ1) is 8.99. The molecule has 1 N–H and O–H groups in total. The van der Waals surface area contributed by atoms with Gasteiger partial charge in [0.2, 0.25) is 0 Å². The van der Waals surface area contributed by atoms with Crippen molar-refractivity contribution in [2.24, 2.45) is 0 Å². The molecule has 1 heterocycles. The first kappa shape index (κ1) is 13.6. The van der Waals surface area contributed by atoms with E-state index in [1.807, 2.05) is 12.1 Å². The molecule has 0 unspecified atom stereocenters. The quantitative estimate of drug-likeness (QED) is 0.904. The van der Waals surface area contributed by atoms with Crippen molar-refractivity contribution in [3.63, 3.8) is 0 Å². The monoisotopic (exact) mass is 261 g/mol. The summed E-state index contributed by atoms with van der Waals surface area (Å²) in [6.45, 7) is 5.09. The van der Waals surface area contributed by atoms with Gasteiger partial charge in [-0.15, -0.1) is 0 Å². The third-order valence-electron chi connectivity index (χ3n) is 3.56. The Hall–Kier alpha value is -1.84. The largest absolute Gasteiger partial charge is 0.481 e. The fourth-order valence-electron chi connectivity index (χ4n) is 2.34. The summed E-state index contributed by atoms with van der Waals surface area (Å²) >= 11 is 0. The van der Waals surface area contributed by atoms with E-state index in [-0.39, 0.29) is 12.3 Å². The van der Waals surface area contributed by atoms with Crippen molar-refractivity contribution in [2.45, 2.75) is 32.6 Å². The standard InChI is InChI=1S/C15H19NO3/c1-10(2)12-4-3-11-5-7-16(8-6-14(17)18)15(19)13(11)9-12/h3-4,9-10H,5-8H2,1-2H3,(H,17,18). The Morgan fingerprint density at radius 2 is 2.16 bits per heavy atom. The Morgan fingerprint density at radius 3 is 2.79 bits per heavy atom. The zero-order valence-corrected chi connectivity index (χ0v) is 11.3. The molecule has 2 rings (SSSR count). The molecule has 1 aromatic carbocycles. The summed E-state index contributed by atoms with van der Waals surface area (Å²) < 4.78 is 0. The number of amides is 1. The van der Waals surface area contributed by atoms with Crippen LogP contribution in [-0.4, -0.2) is 35.0 Å². The molecule has 0 radical (unpaired) electrons. The van der Waals surface area contributed by atoms with Crippen LogP contribution in [0, 0.1) is 0 Å². The third-order valence-corrected chi connectivity index (χ3v) is 3.56. The number of hydrogen-bond acceptors (Lipinski definition) is 2. The predicted molar refractivity (Wildman–Crippen MR) is 72.4 cm³/mol. The summed E-state index contributed by atoms with van der Waals surface area (Å²) in [5, 5.41) is 8.70. The average Bonchev–Trinajstić information content (AvgIpc) is 2.37. The molecule has 0 aliphatic carbocycles. The predicted octanol–water partition coefficient (Wildman–Crippen LogP) is 2.28. The lowest BCUT2D eigenvalue weighted by Gasteiger charge is -2.28. The van der Waals surface area contributed by atoms with E-state index in [1.165, 1.54) is 0 Å². The number of rotatable bonds is 4. The van der Waals surface area contributed by atoms with Crippen LogP contribution in [0.5, 0.6) is 0 Å². The second kappa shape index (κ2) is 5.43. The average molecular weight is 261 g/mol. The molecule has 1 aliphatic heterocycles. The van der Waals surface area contributed by atoms with Crippen LogP contribution < -0.4 is 0 Å². The number of aliphatic carboxylic acids is 1. The van der Waals surface area contributed by atoms with Crippen LogP contribution >= 0.6 is 0 Å². The summed E-state index contributed by atoms with van der Waals surface area (Å²) in [5.41, 5.74) is 2.95. The molecule has 102 valence electrons. The van der Waals surface area contributed by atoms with Gasteiger partial charge in [0.05, 0.1) is 6.42 Å². The highest BCUT2D eigenvalue weighted by atomic mass is 16.4. The minimum absolute atomic E-state index is 0.00491. The minimum atomic E-state index is -0.866. The van der Waals surface area contributed by atoms with E-state index in [2.05, 4.69) is 19.9 Å². The number of carboxylic acid groups (broad SMARTS) is 1. The van der Waals surface area contributed by atoms with Crippen LogP contribution in [0.4, 0.5) is 0 Å². The maximum atomic E-state index is 12.3. The van der Waals surface area contributed by atoms with Gasteiger partial charge in [-0.1, -0.05) is 26.0 Å². The molecular formula is C15H19NO3. The van der Waals surface area contributed by atoms with E-state index in [0.717, 1.165) is 23.1 Å². The molecule has 0 bridgehead atoms. The smallest absolute Gasteiger partial charge is 0.305 e. The fourth-order valence-corrected chi connectivity index (χ4v) is 2.34. The van der Waals surface area contributed by atoms with E-state index in [4.69, 9.17) is 5.11 Å². The zero-order valence-electron chi connectivity index (χ0n) is 11.3. The SMILES string of the molecule is CC(C)c1ccc2c(c1)C(=O)N(CCC(=O)O)CC2. The molecule has 1 aliphatic rings. The molecule has 0 spiro atoms. The molecule has 0 saturated heterocycles. The van der Waals surface area contributed by atoms with Gasteiger partial charge in [0, 0.05) is 18.7 Å². The Labute approximate surface area is 113 Å². The highest BCUT2D eigenvalue weighted by molar-refractivity contribution is 5.97. The summed E-state index contributed by atoms with van der Waals surface area (Å²) in [6, 6.07) is 6.05. The summed E-state index contributed by atoms with van der Waals surface area (Å²) in [4.78, 5) is 24.6. The van der Waals surface area contributed by atoms with Crippen LogP contribution in [0.25, 0.3) is 0 Å². The van der Waals surface area contributed by atoms with E-state index in [1.54, 1.807) is 4.90 Å². The van der Waals surface area contributed by atoms with Crippen LogP contribution in [0.15, 0.2) is 18.2 Å². The molecule has 1 amide bonds. The molecule has 0 atom stereocenters. The Kier molecular flexibility index (Phi) is 3.88. The van der Waals surface area contributed by atoms with Gasteiger partial charge in [-0.05, 0) is 29.5 Å². The third kappa shape index (κ3) is 2.95. The van der Waals surface area contributed by atoms with Crippen LogP contribution in [-0.2, 0) is 11.2 Å². The highest BCUT2D eigenvalue weighted by Gasteiger charge is 2.24. The number of carbonyl (C=O) groups is 2. The van der Waals surface area contributed by atoms with E-state index >= 15 is 0 Å². The van der Waals surface area contributed by atoms with E-state index in [0.29, 0.717) is 19.0 Å². The number of fused-ring (bicyclic) bond motifs is 1. The summed E-state index contributed by atoms with van der Waals surface area (Å²) in [7, 11) is 0. The highest BCUT2D eigenvalue weighted by Crippen LogP contribution is 2.24. The summed E-state index contributed by atoms with van der Waals surface area (Å²) in [5.74, 6) is -0.521. The first-order valence-electron chi connectivity index (χ1n) is 6.63. The molecule has 19 heavy (non-hydrogen) atoms. The van der Waals surface area contributed by atoms with Crippen molar-refractivity contribution in [3.05, 3.63) is 34.9 Å². The number of carboxylic acids is 1. The van der Waals surface area contributed by atoms with Crippen molar-refractivity contribution in [1.29, 1.82) is 0 Å². The first-order valence-corrected chi connectivity index (χ1v) is 6.63. The molecule has 4 nitrogen and oxygen atoms in total. The van der Waals surface area contributed by atoms with Gasteiger partial charge < -0.3 is 10.0 Å². The summed E-state index contributed by atoms with van der Waals surface area (Å²) in [6.07, 6.45) is 0.810. The van der Waals surface area contributed by atoms with Crippen molar-refractivity contribution in [3.8, 4) is 0 Å². The van der Waals surface area contributed by atoms with E-state index < -0.39 is 5.97 Å². The van der Waals surface area contributed by atoms with Crippen molar-refractivity contribution >= 4 is 11.9 Å². The maximum Gasteiger partial charge on any atom is 0.305 e. The lowest BCUT2D eigenvalue weighted by atomic mass is 9.93. The van der Waals surface area contributed by atoms with Gasteiger partial charge in [0.25, 0.3) is 5.91 Å². The number of nitrogens with zero attached hydrogens (tertiary/aromatic N) is 1. The Bertz CT molecular complexity index is 508. The lowest BCUT2D eigenvalue weighted by Crippen LogP contribution is -2.38. The molecule has 4 heteroatoms. The minimum Gasteiger partial charge on any atom is -0.481 e. The zero-order chi connectivity index (χ0) is 14.0. The number of benzene rings is 1. The van der Waals surface area contributed by atoms with Gasteiger partial charge in [-0.25, -0.2) is 0 Å². The lowest BCUT2D eigenvalue weighted by molar-refractivity contribution is -0.137. The molecular weight excluding hydrogens is 242 g/mol. The van der Waals surface area contributed by atoms with Crippen LogP contribution in [0.3, 0.4) is 0 Å². The second-order valence-corrected chi connectivity index (χ2v) is 5.26. The maximum absolute atomic E-state index is 12.3. The molecule has 0 saturated carbocycles.